The molecule has 0 amide bonds. The van der Waals surface area contributed by atoms with Crippen LogP contribution in [0.3, 0.4) is 0 Å². The summed E-state index contributed by atoms with van der Waals surface area (Å²) in [5, 5.41) is 12.0. The molecule has 5 nitrogen and oxygen atoms in total. The lowest BCUT2D eigenvalue weighted by molar-refractivity contribution is 0.318. The Hall–Kier alpha value is -1.30. The van der Waals surface area contributed by atoms with Crippen molar-refractivity contribution in [2.24, 2.45) is 10.9 Å². The van der Waals surface area contributed by atoms with Crippen LogP contribution < -0.4 is 5.73 Å². The molecule has 0 saturated heterocycles. The standard InChI is InChI=1S/C6H8N4OS/c1-12-5-2-4(6(7)10-11)8-3-9-5/h2-3,11H,1H3,(H2,7,10). The lowest BCUT2D eigenvalue weighted by Gasteiger charge is -1.98. The first-order chi connectivity index (χ1) is 5.77. The molecule has 0 aliphatic heterocycles. The van der Waals surface area contributed by atoms with Gasteiger partial charge in [-0.25, -0.2) is 9.97 Å². The number of oxime groups is 1. The largest absolute Gasteiger partial charge is 0.409 e. The van der Waals surface area contributed by atoms with Gasteiger partial charge >= 0.3 is 0 Å². The Morgan fingerprint density at radius 3 is 3.00 bits per heavy atom. The monoisotopic (exact) mass is 184 g/mol. The summed E-state index contributed by atoms with van der Waals surface area (Å²) >= 11 is 1.47. The van der Waals surface area contributed by atoms with E-state index in [4.69, 9.17) is 10.9 Å². The Balaban J connectivity index is 3.02. The van der Waals surface area contributed by atoms with Crippen LogP contribution in [0.25, 0.3) is 0 Å². The van der Waals surface area contributed by atoms with Crippen LogP contribution >= 0.6 is 11.8 Å². The zero-order valence-corrected chi connectivity index (χ0v) is 7.25. The zero-order chi connectivity index (χ0) is 8.97. The average molecular weight is 184 g/mol. The molecular weight excluding hydrogens is 176 g/mol. The fraction of sp³-hybridized carbons (Fsp3) is 0.167. The van der Waals surface area contributed by atoms with E-state index in [9.17, 15) is 0 Å². The number of thioether (sulfide) groups is 1. The summed E-state index contributed by atoms with van der Waals surface area (Å²) in [6.07, 6.45) is 3.26. The van der Waals surface area contributed by atoms with Gasteiger partial charge in [-0.1, -0.05) is 5.16 Å². The molecule has 1 aromatic rings. The van der Waals surface area contributed by atoms with Gasteiger partial charge in [0.25, 0.3) is 0 Å². The number of rotatable bonds is 2. The van der Waals surface area contributed by atoms with Gasteiger partial charge in [-0.15, -0.1) is 11.8 Å². The number of hydrogen-bond acceptors (Lipinski definition) is 5. The number of hydrogen-bond donors (Lipinski definition) is 2. The molecule has 0 unspecified atom stereocenters. The second kappa shape index (κ2) is 3.91. The summed E-state index contributed by atoms with van der Waals surface area (Å²) in [6.45, 7) is 0. The molecule has 0 saturated carbocycles. The van der Waals surface area contributed by atoms with E-state index in [1.807, 2.05) is 6.26 Å². The molecule has 0 radical (unpaired) electrons. The van der Waals surface area contributed by atoms with Crippen LogP contribution in [0.1, 0.15) is 5.69 Å². The van der Waals surface area contributed by atoms with Crippen LogP contribution in [0, 0.1) is 0 Å². The van der Waals surface area contributed by atoms with Crippen LogP contribution in [0.15, 0.2) is 22.6 Å². The van der Waals surface area contributed by atoms with Gasteiger partial charge in [-0.05, 0) is 12.3 Å². The quantitative estimate of drug-likeness (QED) is 0.172. The van der Waals surface area contributed by atoms with Gasteiger partial charge in [0.15, 0.2) is 5.84 Å². The minimum atomic E-state index is -0.00676. The summed E-state index contributed by atoms with van der Waals surface area (Å²) in [5.74, 6) is -0.00676. The lowest BCUT2D eigenvalue weighted by atomic mass is 10.4. The van der Waals surface area contributed by atoms with Gasteiger partial charge in [-0.3, -0.25) is 0 Å². The van der Waals surface area contributed by atoms with Crippen molar-refractivity contribution in [3.05, 3.63) is 18.1 Å². The summed E-state index contributed by atoms with van der Waals surface area (Å²) in [6, 6.07) is 1.65. The molecule has 0 spiro atoms. The maximum atomic E-state index is 8.35. The van der Waals surface area contributed by atoms with Crippen molar-refractivity contribution in [1.29, 1.82) is 0 Å². The van der Waals surface area contributed by atoms with Crippen LogP contribution in [0.2, 0.25) is 0 Å². The Kier molecular flexibility index (Phi) is 2.87. The fourth-order valence-corrected chi connectivity index (χ4v) is 1.02. The van der Waals surface area contributed by atoms with E-state index >= 15 is 0 Å². The SMILES string of the molecule is CSc1cc(/C(N)=N/O)ncn1. The van der Waals surface area contributed by atoms with E-state index < -0.39 is 0 Å². The van der Waals surface area contributed by atoms with Crippen LogP contribution in [0.5, 0.6) is 0 Å². The predicted octanol–water partition coefficient (Wildman–Crippen LogP) is 0.293. The molecule has 0 aliphatic rings. The molecule has 0 aromatic carbocycles. The van der Waals surface area contributed by atoms with E-state index in [-0.39, 0.29) is 5.84 Å². The summed E-state index contributed by atoms with van der Waals surface area (Å²) in [5.41, 5.74) is 5.75. The fourth-order valence-electron chi connectivity index (χ4n) is 0.642. The zero-order valence-electron chi connectivity index (χ0n) is 6.43. The smallest absolute Gasteiger partial charge is 0.188 e. The van der Waals surface area contributed by atoms with E-state index in [1.54, 1.807) is 6.07 Å². The van der Waals surface area contributed by atoms with Gasteiger partial charge < -0.3 is 10.9 Å². The van der Waals surface area contributed by atoms with Crippen molar-refractivity contribution >= 4 is 17.6 Å². The van der Waals surface area contributed by atoms with Gasteiger partial charge in [0, 0.05) is 0 Å². The normalized spacial score (nSPS) is 11.6. The van der Waals surface area contributed by atoms with E-state index in [1.165, 1.54) is 18.1 Å². The highest BCUT2D eigenvalue weighted by molar-refractivity contribution is 7.98. The first kappa shape index (κ1) is 8.79. The summed E-state index contributed by atoms with van der Waals surface area (Å²) < 4.78 is 0. The third kappa shape index (κ3) is 1.85. The highest BCUT2D eigenvalue weighted by Gasteiger charge is 2.01. The third-order valence-electron chi connectivity index (χ3n) is 1.22. The number of amidine groups is 1. The minimum Gasteiger partial charge on any atom is -0.409 e. The van der Waals surface area contributed by atoms with E-state index in [0.717, 1.165) is 5.03 Å². The molecule has 1 aromatic heterocycles. The third-order valence-corrected chi connectivity index (χ3v) is 1.86. The van der Waals surface area contributed by atoms with E-state index in [2.05, 4.69) is 15.1 Å². The number of nitrogens with zero attached hydrogens (tertiary/aromatic N) is 3. The van der Waals surface area contributed by atoms with Crippen LogP contribution in [-0.4, -0.2) is 27.3 Å². The van der Waals surface area contributed by atoms with Gasteiger partial charge in [0.2, 0.25) is 0 Å². The molecule has 0 bridgehead atoms. The van der Waals surface area contributed by atoms with Gasteiger partial charge in [-0.2, -0.15) is 0 Å². The average Bonchev–Trinajstić information content (AvgIpc) is 2.17. The second-order valence-electron chi connectivity index (χ2n) is 1.93. The molecule has 1 rings (SSSR count). The number of nitrogens with two attached hydrogens (primary N) is 1. The Bertz CT molecular complexity index is 301. The minimum absolute atomic E-state index is 0.00676. The van der Waals surface area contributed by atoms with Crippen LogP contribution in [0.4, 0.5) is 0 Å². The Morgan fingerprint density at radius 2 is 2.42 bits per heavy atom. The van der Waals surface area contributed by atoms with Crippen molar-refractivity contribution in [2.45, 2.75) is 5.03 Å². The second-order valence-corrected chi connectivity index (χ2v) is 2.76. The van der Waals surface area contributed by atoms with Crippen molar-refractivity contribution < 1.29 is 5.21 Å². The Labute approximate surface area is 73.7 Å². The maximum absolute atomic E-state index is 8.35. The van der Waals surface area contributed by atoms with E-state index in [0.29, 0.717) is 5.69 Å². The first-order valence-electron chi connectivity index (χ1n) is 3.12. The predicted molar refractivity (Wildman–Crippen MR) is 46.3 cm³/mol. The van der Waals surface area contributed by atoms with Crippen molar-refractivity contribution in [2.75, 3.05) is 6.26 Å². The van der Waals surface area contributed by atoms with Gasteiger partial charge in [0.05, 0.1) is 5.03 Å². The van der Waals surface area contributed by atoms with Crippen molar-refractivity contribution in [3.63, 3.8) is 0 Å². The van der Waals surface area contributed by atoms with Gasteiger partial charge in [0.1, 0.15) is 12.0 Å². The molecule has 0 aliphatic carbocycles. The molecule has 64 valence electrons. The highest BCUT2D eigenvalue weighted by Crippen LogP contribution is 2.10. The number of aromatic nitrogens is 2. The summed E-state index contributed by atoms with van der Waals surface area (Å²) in [7, 11) is 0. The lowest BCUT2D eigenvalue weighted by Crippen LogP contribution is -2.15. The molecule has 12 heavy (non-hydrogen) atoms. The molecular formula is C6H8N4OS. The molecule has 1 heterocycles. The summed E-state index contributed by atoms with van der Waals surface area (Å²) in [4.78, 5) is 7.75. The maximum Gasteiger partial charge on any atom is 0.188 e. The van der Waals surface area contributed by atoms with Crippen molar-refractivity contribution in [1.82, 2.24) is 9.97 Å². The first-order valence-corrected chi connectivity index (χ1v) is 4.34. The molecule has 6 heteroatoms. The Morgan fingerprint density at radius 1 is 1.67 bits per heavy atom. The molecule has 0 atom stereocenters. The topological polar surface area (TPSA) is 84.4 Å². The molecule has 0 fully saturated rings. The highest BCUT2D eigenvalue weighted by atomic mass is 32.2. The van der Waals surface area contributed by atoms with Crippen molar-refractivity contribution in [3.8, 4) is 0 Å². The van der Waals surface area contributed by atoms with Crippen LogP contribution in [-0.2, 0) is 0 Å². The molecule has 3 N–H and O–H groups in total.